The summed E-state index contributed by atoms with van der Waals surface area (Å²) in [6, 6.07) is 5.53. The van der Waals surface area contributed by atoms with Gasteiger partial charge in [0.25, 0.3) is 5.78 Å². The SMILES string of the molecule is CN(Cc1cc(F)ccc1OCCN)c1ccn2ncc(C(=O)C(F)(F)F)c2n1. The van der Waals surface area contributed by atoms with Gasteiger partial charge in [-0.25, -0.2) is 13.9 Å². The maximum Gasteiger partial charge on any atom is 0.455 e. The summed E-state index contributed by atoms with van der Waals surface area (Å²) in [4.78, 5) is 17.3. The molecule has 0 aliphatic heterocycles. The predicted octanol–water partition coefficient (Wildman–Crippen LogP) is 2.59. The lowest BCUT2D eigenvalue weighted by atomic mass is 10.2. The normalized spacial score (nSPS) is 11.7. The summed E-state index contributed by atoms with van der Waals surface area (Å²) in [7, 11) is 1.62. The molecule has 11 heteroatoms. The number of aromatic nitrogens is 3. The number of hydrogen-bond donors (Lipinski definition) is 1. The van der Waals surface area contributed by atoms with Gasteiger partial charge >= 0.3 is 6.18 Å². The van der Waals surface area contributed by atoms with Crippen LogP contribution in [0.3, 0.4) is 0 Å². The van der Waals surface area contributed by atoms with Gasteiger partial charge in [-0.2, -0.15) is 18.3 Å². The minimum atomic E-state index is -5.04. The molecule has 2 N–H and O–H groups in total. The lowest BCUT2D eigenvalue weighted by Crippen LogP contribution is -2.23. The number of alkyl halides is 3. The smallest absolute Gasteiger partial charge is 0.455 e. The summed E-state index contributed by atoms with van der Waals surface area (Å²) >= 11 is 0. The molecule has 0 spiro atoms. The van der Waals surface area contributed by atoms with E-state index in [1.165, 1.54) is 30.5 Å². The van der Waals surface area contributed by atoms with Crippen LogP contribution < -0.4 is 15.4 Å². The van der Waals surface area contributed by atoms with Crippen LogP contribution in [-0.4, -0.2) is 46.8 Å². The highest BCUT2D eigenvalue weighted by Gasteiger charge is 2.41. The highest BCUT2D eigenvalue weighted by molar-refractivity contribution is 6.04. The zero-order valence-electron chi connectivity index (χ0n) is 15.3. The Morgan fingerprint density at radius 2 is 2.07 bits per heavy atom. The molecule has 1 aromatic carbocycles. The van der Waals surface area contributed by atoms with E-state index < -0.39 is 23.3 Å². The molecule has 0 aliphatic rings. The largest absolute Gasteiger partial charge is 0.492 e. The quantitative estimate of drug-likeness (QED) is 0.475. The second kappa shape index (κ2) is 8.03. The zero-order chi connectivity index (χ0) is 21.2. The van der Waals surface area contributed by atoms with Crippen LogP contribution in [0.5, 0.6) is 5.75 Å². The molecule has 0 saturated carbocycles. The van der Waals surface area contributed by atoms with Crippen LogP contribution >= 0.6 is 0 Å². The van der Waals surface area contributed by atoms with Gasteiger partial charge in [0.2, 0.25) is 0 Å². The summed E-state index contributed by atoms with van der Waals surface area (Å²) in [5.74, 6) is -1.79. The van der Waals surface area contributed by atoms with E-state index in [0.717, 1.165) is 10.7 Å². The Kier molecular flexibility index (Phi) is 5.69. The van der Waals surface area contributed by atoms with Crippen LogP contribution in [0, 0.1) is 5.82 Å². The number of anilines is 1. The molecule has 0 radical (unpaired) electrons. The van der Waals surface area contributed by atoms with Gasteiger partial charge in [-0.05, 0) is 24.3 Å². The number of Topliss-reactive ketones (excluding diaryl/α,β-unsaturated/α-hetero) is 1. The number of ether oxygens (including phenoxy) is 1. The number of halogens is 4. The molecule has 0 atom stereocenters. The summed E-state index contributed by atoms with van der Waals surface area (Å²) in [5, 5.41) is 3.73. The molecule has 3 rings (SSSR count). The predicted molar refractivity (Wildman–Crippen MR) is 96.4 cm³/mol. The molecule has 2 aromatic heterocycles. The van der Waals surface area contributed by atoms with Crippen molar-refractivity contribution in [2.45, 2.75) is 12.7 Å². The van der Waals surface area contributed by atoms with Gasteiger partial charge in [-0.15, -0.1) is 0 Å². The maximum atomic E-state index is 13.7. The highest BCUT2D eigenvalue weighted by atomic mass is 19.4. The van der Waals surface area contributed by atoms with Crippen LogP contribution in [0.4, 0.5) is 23.4 Å². The molecule has 7 nitrogen and oxygen atoms in total. The summed E-state index contributed by atoms with van der Waals surface area (Å²) < 4.78 is 58.6. The summed E-state index contributed by atoms with van der Waals surface area (Å²) in [6.45, 7) is 0.672. The molecule has 0 fully saturated rings. The summed E-state index contributed by atoms with van der Waals surface area (Å²) in [5.41, 5.74) is 5.05. The van der Waals surface area contributed by atoms with E-state index in [0.29, 0.717) is 11.3 Å². The molecule has 3 aromatic rings. The van der Waals surface area contributed by atoms with Gasteiger partial charge in [-0.3, -0.25) is 4.79 Å². The Balaban J connectivity index is 1.91. The van der Waals surface area contributed by atoms with E-state index in [-0.39, 0.29) is 31.2 Å². The number of rotatable bonds is 7. The maximum absolute atomic E-state index is 13.7. The molecule has 0 aliphatic carbocycles. The highest BCUT2D eigenvalue weighted by Crippen LogP contribution is 2.26. The van der Waals surface area contributed by atoms with Crippen molar-refractivity contribution in [3.63, 3.8) is 0 Å². The van der Waals surface area contributed by atoms with Crippen LogP contribution in [0.1, 0.15) is 15.9 Å². The first kappa shape index (κ1) is 20.5. The van der Waals surface area contributed by atoms with Gasteiger partial charge in [0.15, 0.2) is 5.65 Å². The third-order valence-corrected chi connectivity index (χ3v) is 4.05. The van der Waals surface area contributed by atoms with E-state index >= 15 is 0 Å². The second-order valence-electron chi connectivity index (χ2n) is 6.18. The van der Waals surface area contributed by atoms with Crippen LogP contribution in [0.15, 0.2) is 36.7 Å². The van der Waals surface area contributed by atoms with Crippen molar-refractivity contribution in [3.05, 3.63) is 53.6 Å². The Morgan fingerprint density at radius 3 is 2.76 bits per heavy atom. The molecule has 2 heterocycles. The minimum Gasteiger partial charge on any atom is -0.492 e. The molecule has 0 unspecified atom stereocenters. The Bertz CT molecular complexity index is 1030. The van der Waals surface area contributed by atoms with Gasteiger partial charge in [0.1, 0.15) is 24.0 Å². The average Bonchev–Trinajstić information content (AvgIpc) is 3.09. The topological polar surface area (TPSA) is 85.8 Å². The number of benzene rings is 1. The number of carbonyl (C=O) groups excluding carboxylic acids is 1. The van der Waals surface area contributed by atoms with Crippen LogP contribution in [0.2, 0.25) is 0 Å². The second-order valence-corrected chi connectivity index (χ2v) is 6.18. The minimum absolute atomic E-state index is 0.150. The lowest BCUT2D eigenvalue weighted by molar-refractivity contribution is -0.0884. The first-order valence-corrected chi connectivity index (χ1v) is 8.49. The van der Waals surface area contributed by atoms with Crippen molar-refractivity contribution in [1.82, 2.24) is 14.6 Å². The van der Waals surface area contributed by atoms with Crippen molar-refractivity contribution in [2.75, 3.05) is 25.1 Å². The molecule has 29 heavy (non-hydrogen) atoms. The Morgan fingerprint density at radius 1 is 1.31 bits per heavy atom. The lowest BCUT2D eigenvalue weighted by Gasteiger charge is -2.20. The number of hydrogen-bond acceptors (Lipinski definition) is 6. The number of fused-ring (bicyclic) bond motifs is 1. The fourth-order valence-corrected chi connectivity index (χ4v) is 2.70. The Hall–Kier alpha value is -3.21. The van der Waals surface area contributed by atoms with E-state index in [9.17, 15) is 22.4 Å². The summed E-state index contributed by atoms with van der Waals surface area (Å²) in [6.07, 6.45) is -2.82. The van der Waals surface area contributed by atoms with Gasteiger partial charge in [0.05, 0.1) is 11.8 Å². The van der Waals surface area contributed by atoms with E-state index in [2.05, 4.69) is 10.1 Å². The molecule has 0 saturated heterocycles. The first-order chi connectivity index (χ1) is 13.7. The third-order valence-electron chi connectivity index (χ3n) is 4.05. The Labute approximate surface area is 162 Å². The van der Waals surface area contributed by atoms with E-state index in [1.54, 1.807) is 11.9 Å². The van der Waals surface area contributed by atoms with Crippen molar-refractivity contribution in [1.29, 1.82) is 0 Å². The molecule has 154 valence electrons. The van der Waals surface area contributed by atoms with Crippen molar-refractivity contribution < 1.29 is 27.1 Å². The van der Waals surface area contributed by atoms with E-state index in [4.69, 9.17) is 10.5 Å². The molecule has 0 amide bonds. The monoisotopic (exact) mass is 411 g/mol. The first-order valence-electron chi connectivity index (χ1n) is 8.49. The standard InChI is InChI=1S/C18H17F4N5O2/c1-26(10-11-8-12(19)2-3-14(11)29-7-5-23)15-4-6-27-17(25-15)13(9-24-27)16(28)18(20,21)22/h2-4,6,8-9H,5,7,10,23H2,1H3. The molecular weight excluding hydrogens is 394 g/mol. The van der Waals surface area contributed by atoms with Crippen LogP contribution in [0.25, 0.3) is 5.65 Å². The van der Waals surface area contributed by atoms with Crippen molar-refractivity contribution in [2.24, 2.45) is 5.73 Å². The average molecular weight is 411 g/mol. The zero-order valence-corrected chi connectivity index (χ0v) is 15.3. The fourth-order valence-electron chi connectivity index (χ4n) is 2.70. The fraction of sp³-hybridized carbons (Fsp3) is 0.278. The van der Waals surface area contributed by atoms with Crippen molar-refractivity contribution >= 4 is 17.2 Å². The number of carbonyl (C=O) groups is 1. The van der Waals surface area contributed by atoms with Gasteiger partial charge in [0, 0.05) is 31.9 Å². The number of nitrogens with zero attached hydrogens (tertiary/aromatic N) is 4. The van der Waals surface area contributed by atoms with Crippen molar-refractivity contribution in [3.8, 4) is 5.75 Å². The number of ketones is 1. The van der Waals surface area contributed by atoms with Gasteiger partial charge < -0.3 is 15.4 Å². The molecule has 0 bridgehead atoms. The van der Waals surface area contributed by atoms with E-state index in [1.807, 2.05) is 0 Å². The third kappa shape index (κ3) is 4.45. The van der Waals surface area contributed by atoms with Crippen LogP contribution in [-0.2, 0) is 6.54 Å². The number of nitrogens with two attached hydrogens (primary N) is 1. The van der Waals surface area contributed by atoms with Gasteiger partial charge in [-0.1, -0.05) is 0 Å². The molecular formula is C18H17F4N5O2.